The van der Waals surface area contributed by atoms with Crippen molar-refractivity contribution in [1.29, 1.82) is 0 Å². The molecule has 174 valence electrons. The lowest BCUT2D eigenvalue weighted by Gasteiger charge is -2.25. The SMILES string of the molecule is COc1ccc(/C(=C(\F)c2ccc(CO)nc2)n2c3c(c4cc(C)ccc42)CN(C)CC3)cn1. The van der Waals surface area contributed by atoms with E-state index < -0.39 is 5.83 Å². The molecule has 0 bridgehead atoms. The van der Waals surface area contributed by atoms with E-state index >= 15 is 4.39 Å². The average Bonchev–Trinajstić information content (AvgIpc) is 3.17. The van der Waals surface area contributed by atoms with Crippen molar-refractivity contribution < 1.29 is 14.2 Å². The summed E-state index contributed by atoms with van der Waals surface area (Å²) in [6, 6.07) is 13.2. The van der Waals surface area contributed by atoms with Crippen molar-refractivity contribution in [2.75, 3.05) is 20.7 Å². The van der Waals surface area contributed by atoms with E-state index in [9.17, 15) is 5.11 Å². The van der Waals surface area contributed by atoms with Gasteiger partial charge < -0.3 is 19.3 Å². The molecule has 34 heavy (non-hydrogen) atoms. The average molecular weight is 459 g/mol. The highest BCUT2D eigenvalue weighted by Gasteiger charge is 2.27. The van der Waals surface area contributed by atoms with Gasteiger partial charge in [-0.1, -0.05) is 11.6 Å². The molecule has 0 saturated heterocycles. The molecular weight excluding hydrogens is 431 g/mol. The maximum atomic E-state index is 16.4. The summed E-state index contributed by atoms with van der Waals surface area (Å²) in [7, 11) is 3.67. The summed E-state index contributed by atoms with van der Waals surface area (Å²) < 4.78 is 23.7. The Labute approximate surface area is 198 Å². The van der Waals surface area contributed by atoms with E-state index in [1.54, 1.807) is 31.5 Å². The number of benzene rings is 1. The molecule has 0 unspecified atom stereocenters. The third-order valence-corrected chi connectivity index (χ3v) is 6.39. The maximum absolute atomic E-state index is 16.4. The van der Waals surface area contributed by atoms with Gasteiger partial charge in [0, 0.05) is 60.2 Å². The van der Waals surface area contributed by atoms with E-state index in [1.807, 2.05) is 6.07 Å². The Balaban J connectivity index is 1.82. The molecule has 5 rings (SSSR count). The summed E-state index contributed by atoms with van der Waals surface area (Å²) in [4.78, 5) is 10.8. The fourth-order valence-corrected chi connectivity index (χ4v) is 4.64. The first-order valence-electron chi connectivity index (χ1n) is 11.3. The number of fused-ring (bicyclic) bond motifs is 3. The van der Waals surface area contributed by atoms with Crippen molar-refractivity contribution >= 4 is 22.4 Å². The number of hydrogen-bond acceptors (Lipinski definition) is 5. The largest absolute Gasteiger partial charge is 0.481 e. The molecule has 0 amide bonds. The number of aliphatic hydroxyl groups excluding tert-OH is 1. The van der Waals surface area contributed by atoms with Gasteiger partial charge in [0.2, 0.25) is 5.88 Å². The van der Waals surface area contributed by atoms with Gasteiger partial charge in [-0.15, -0.1) is 0 Å². The third-order valence-electron chi connectivity index (χ3n) is 6.39. The van der Waals surface area contributed by atoms with Gasteiger partial charge in [0.15, 0.2) is 5.83 Å². The zero-order valence-corrected chi connectivity index (χ0v) is 19.5. The van der Waals surface area contributed by atoms with Gasteiger partial charge in [0.25, 0.3) is 0 Å². The highest BCUT2D eigenvalue weighted by Crippen LogP contribution is 2.38. The number of aryl methyl sites for hydroxylation is 1. The van der Waals surface area contributed by atoms with E-state index in [0.717, 1.165) is 36.1 Å². The lowest BCUT2D eigenvalue weighted by molar-refractivity contribution is 0.277. The van der Waals surface area contributed by atoms with Gasteiger partial charge in [-0.05, 0) is 49.9 Å². The summed E-state index contributed by atoms with van der Waals surface area (Å²) >= 11 is 0. The molecule has 3 aromatic heterocycles. The second-order valence-electron chi connectivity index (χ2n) is 8.72. The van der Waals surface area contributed by atoms with E-state index in [4.69, 9.17) is 4.74 Å². The van der Waals surface area contributed by atoms with E-state index in [-0.39, 0.29) is 6.61 Å². The third kappa shape index (κ3) is 3.87. The first kappa shape index (κ1) is 22.3. The number of nitrogens with zero attached hydrogens (tertiary/aromatic N) is 4. The zero-order chi connectivity index (χ0) is 23.8. The van der Waals surface area contributed by atoms with Crippen molar-refractivity contribution in [3.05, 3.63) is 88.5 Å². The molecule has 4 heterocycles. The Morgan fingerprint density at radius 3 is 2.56 bits per heavy atom. The molecule has 0 spiro atoms. The first-order valence-corrected chi connectivity index (χ1v) is 11.3. The number of ether oxygens (including phenoxy) is 1. The number of aliphatic hydroxyl groups is 1. The molecule has 0 radical (unpaired) electrons. The first-order chi connectivity index (χ1) is 16.5. The lowest BCUT2D eigenvalue weighted by Crippen LogP contribution is -2.27. The monoisotopic (exact) mass is 458 g/mol. The van der Waals surface area contributed by atoms with Crippen LogP contribution in [0.15, 0.2) is 54.9 Å². The number of aromatic nitrogens is 3. The minimum Gasteiger partial charge on any atom is -0.481 e. The smallest absolute Gasteiger partial charge is 0.212 e. The Morgan fingerprint density at radius 1 is 1.09 bits per heavy atom. The van der Waals surface area contributed by atoms with Crippen LogP contribution in [0.3, 0.4) is 0 Å². The zero-order valence-electron chi connectivity index (χ0n) is 19.5. The minimum atomic E-state index is -0.400. The topological polar surface area (TPSA) is 63.4 Å². The van der Waals surface area contributed by atoms with Crippen LogP contribution in [0.25, 0.3) is 22.4 Å². The van der Waals surface area contributed by atoms with Crippen LogP contribution in [0.4, 0.5) is 4.39 Å². The van der Waals surface area contributed by atoms with E-state index in [2.05, 4.69) is 51.6 Å². The summed E-state index contributed by atoms with van der Waals surface area (Å²) in [6.07, 6.45) is 3.92. The molecule has 7 heteroatoms. The molecule has 4 aromatic rings. The normalized spacial score (nSPS) is 14.7. The van der Waals surface area contributed by atoms with Crippen molar-refractivity contribution in [2.24, 2.45) is 0 Å². The van der Waals surface area contributed by atoms with Gasteiger partial charge in [-0.2, -0.15) is 0 Å². The van der Waals surface area contributed by atoms with Crippen molar-refractivity contribution in [3.8, 4) is 5.88 Å². The van der Waals surface area contributed by atoms with Crippen molar-refractivity contribution in [3.63, 3.8) is 0 Å². The second kappa shape index (κ2) is 9.00. The van der Waals surface area contributed by atoms with Crippen LogP contribution in [-0.2, 0) is 19.6 Å². The number of pyridine rings is 2. The number of halogens is 1. The second-order valence-corrected chi connectivity index (χ2v) is 8.72. The quantitative estimate of drug-likeness (QED) is 0.475. The van der Waals surface area contributed by atoms with Crippen LogP contribution >= 0.6 is 0 Å². The van der Waals surface area contributed by atoms with Gasteiger partial charge in [0.05, 0.1) is 30.6 Å². The summed E-state index contributed by atoms with van der Waals surface area (Å²) in [5.41, 5.74) is 6.38. The Hall–Kier alpha value is -3.55. The molecular formula is C27H27FN4O2. The fourth-order valence-electron chi connectivity index (χ4n) is 4.64. The molecule has 0 atom stereocenters. The Morgan fingerprint density at radius 2 is 1.88 bits per heavy atom. The number of likely N-dealkylation sites (N-methyl/N-ethyl adjacent to an activating group) is 1. The maximum Gasteiger partial charge on any atom is 0.212 e. The Bertz CT molecular complexity index is 1370. The van der Waals surface area contributed by atoms with Crippen LogP contribution < -0.4 is 4.74 Å². The fraction of sp³-hybridized carbons (Fsp3) is 0.259. The highest BCUT2D eigenvalue weighted by molar-refractivity contribution is 5.96. The molecule has 0 saturated carbocycles. The van der Waals surface area contributed by atoms with Crippen molar-refractivity contribution in [1.82, 2.24) is 19.4 Å². The predicted molar refractivity (Wildman–Crippen MR) is 131 cm³/mol. The van der Waals surface area contributed by atoms with Gasteiger partial charge >= 0.3 is 0 Å². The Kier molecular flexibility index (Phi) is 5.89. The molecule has 1 aliphatic heterocycles. The van der Waals surface area contributed by atoms with Crippen molar-refractivity contribution in [2.45, 2.75) is 26.5 Å². The van der Waals surface area contributed by atoms with Crippen LogP contribution in [-0.4, -0.2) is 45.2 Å². The summed E-state index contributed by atoms with van der Waals surface area (Å²) in [5, 5.41) is 10.5. The van der Waals surface area contributed by atoms with Gasteiger partial charge in [-0.3, -0.25) is 4.98 Å². The van der Waals surface area contributed by atoms with Crippen LogP contribution in [0.5, 0.6) is 5.88 Å². The lowest BCUT2D eigenvalue weighted by atomic mass is 10.0. The number of methoxy groups -OCH3 is 1. The number of hydrogen-bond donors (Lipinski definition) is 1. The van der Waals surface area contributed by atoms with Crippen LogP contribution in [0.2, 0.25) is 0 Å². The molecule has 1 aromatic carbocycles. The predicted octanol–water partition coefficient (Wildman–Crippen LogP) is 4.57. The minimum absolute atomic E-state index is 0.191. The highest BCUT2D eigenvalue weighted by atomic mass is 19.1. The van der Waals surface area contributed by atoms with Crippen LogP contribution in [0, 0.1) is 6.92 Å². The number of rotatable bonds is 5. The summed E-state index contributed by atoms with van der Waals surface area (Å²) in [5.74, 6) is 0.0669. The molecule has 0 fully saturated rings. The summed E-state index contributed by atoms with van der Waals surface area (Å²) in [6.45, 7) is 3.59. The molecule has 6 nitrogen and oxygen atoms in total. The molecule has 1 aliphatic rings. The van der Waals surface area contributed by atoms with Crippen LogP contribution in [0.1, 0.15) is 33.6 Å². The van der Waals surface area contributed by atoms with Gasteiger partial charge in [-0.25, -0.2) is 9.37 Å². The van der Waals surface area contributed by atoms with E-state index in [1.165, 1.54) is 17.3 Å². The van der Waals surface area contributed by atoms with E-state index in [0.29, 0.717) is 28.4 Å². The standard InChI is InChI=1S/C27H27FN4O2/c1-17-4-8-23-21(12-17)22-15-31(2)11-10-24(22)32(23)27(19-6-9-25(34-3)30-14-19)26(28)18-5-7-20(16-33)29-13-18/h4-9,12-14,33H,10-11,15-16H2,1-3H3/b27-26+. The molecule has 1 N–H and O–H groups in total. The molecule has 0 aliphatic carbocycles. The van der Waals surface area contributed by atoms with Gasteiger partial charge in [0.1, 0.15) is 0 Å².